The minimum Gasteiger partial charge on any atom is -0.460 e. The second-order valence-electron chi connectivity index (χ2n) is 2.54. The van der Waals surface area contributed by atoms with E-state index in [1.807, 2.05) is 0 Å². The van der Waals surface area contributed by atoms with E-state index in [0.29, 0.717) is 6.42 Å². The fourth-order valence-electron chi connectivity index (χ4n) is 0.385. The predicted octanol–water partition coefficient (Wildman–Crippen LogP) is 2.32. The van der Waals surface area contributed by atoms with Crippen LogP contribution >= 0.6 is 7.14 Å². The third kappa shape index (κ3) is 4.79. The molecule has 64 valence electrons. The van der Waals surface area contributed by atoms with Crippen LogP contribution in [0.5, 0.6) is 0 Å². The molecule has 11 heavy (non-hydrogen) atoms. The molecule has 0 aliphatic carbocycles. The summed E-state index contributed by atoms with van der Waals surface area (Å²) in [6, 6.07) is 0. The summed E-state index contributed by atoms with van der Waals surface area (Å²) < 4.78 is 15.7. The molecule has 0 heterocycles. The Morgan fingerprint density at radius 2 is 2.18 bits per heavy atom. The van der Waals surface area contributed by atoms with Crippen molar-refractivity contribution in [2.24, 2.45) is 0 Å². The van der Waals surface area contributed by atoms with Crippen molar-refractivity contribution in [3.8, 4) is 0 Å². The Morgan fingerprint density at radius 1 is 1.64 bits per heavy atom. The van der Waals surface area contributed by atoms with Gasteiger partial charge in [-0.05, 0) is 19.8 Å². The van der Waals surface area contributed by atoms with E-state index < -0.39 is 12.9 Å². The highest BCUT2D eigenvalue weighted by atomic mass is 31.2. The minimum atomic E-state index is -2.69. The molecular weight excluding hydrogens is 163 g/mol. The summed E-state index contributed by atoms with van der Waals surface area (Å²) in [4.78, 5) is 10.8. The van der Waals surface area contributed by atoms with E-state index in [9.17, 15) is 9.36 Å². The molecule has 0 aromatic carbocycles. The average molecular weight is 176 g/mol. The molecule has 0 aliphatic heterocycles. The van der Waals surface area contributed by atoms with Gasteiger partial charge in [-0.1, -0.05) is 6.08 Å². The molecule has 4 heteroatoms. The van der Waals surface area contributed by atoms with Crippen molar-refractivity contribution in [3.05, 3.63) is 12.7 Å². The molecule has 0 radical (unpaired) electrons. The second kappa shape index (κ2) is 4.35. The SMILES string of the molecule is C=CCCOC(=O)P(C)(C)=O. The molecule has 0 fully saturated rings. The Balaban J connectivity index is 3.71. The molecule has 0 amide bonds. The van der Waals surface area contributed by atoms with Crippen LogP contribution in [0.2, 0.25) is 0 Å². The van der Waals surface area contributed by atoms with Crippen LogP contribution in [0.1, 0.15) is 6.42 Å². The van der Waals surface area contributed by atoms with E-state index in [1.165, 1.54) is 13.3 Å². The van der Waals surface area contributed by atoms with Gasteiger partial charge in [0.1, 0.15) is 0 Å². The Morgan fingerprint density at radius 3 is 2.55 bits per heavy atom. The molecule has 0 unspecified atom stereocenters. The summed E-state index contributed by atoms with van der Waals surface area (Å²) in [6.45, 7) is 6.52. The quantitative estimate of drug-likeness (QED) is 0.375. The molecule has 0 N–H and O–H groups in total. The van der Waals surface area contributed by atoms with Crippen LogP contribution in [-0.4, -0.2) is 25.6 Å². The Hall–Kier alpha value is -0.560. The van der Waals surface area contributed by atoms with E-state index in [4.69, 9.17) is 0 Å². The number of carbonyl (C=O) groups excluding carboxylic acids is 1. The lowest BCUT2D eigenvalue weighted by molar-refractivity contribution is 0.174. The van der Waals surface area contributed by atoms with Gasteiger partial charge in [0.05, 0.1) is 6.61 Å². The van der Waals surface area contributed by atoms with Crippen molar-refractivity contribution in [1.29, 1.82) is 0 Å². The minimum absolute atomic E-state index is 0.272. The van der Waals surface area contributed by atoms with Gasteiger partial charge >= 0.3 is 5.71 Å². The largest absolute Gasteiger partial charge is 0.460 e. The van der Waals surface area contributed by atoms with Crippen molar-refractivity contribution in [1.82, 2.24) is 0 Å². The molecule has 0 spiro atoms. The molecule has 0 aliphatic rings. The second-order valence-corrected chi connectivity index (χ2v) is 5.61. The van der Waals surface area contributed by atoms with Gasteiger partial charge in [0, 0.05) is 0 Å². The monoisotopic (exact) mass is 176 g/mol. The normalized spacial score (nSPS) is 10.7. The molecule has 3 nitrogen and oxygen atoms in total. The molecule has 0 aromatic heterocycles. The van der Waals surface area contributed by atoms with Crippen LogP contribution in [0.3, 0.4) is 0 Å². The van der Waals surface area contributed by atoms with E-state index >= 15 is 0 Å². The average Bonchev–Trinajstić information content (AvgIpc) is 1.86. The first-order chi connectivity index (χ1) is 4.98. The van der Waals surface area contributed by atoms with Gasteiger partial charge in [-0.25, -0.2) is 4.79 Å². The molecule has 0 aromatic rings. The first-order valence-electron chi connectivity index (χ1n) is 3.31. The van der Waals surface area contributed by atoms with E-state index in [1.54, 1.807) is 6.08 Å². The zero-order chi connectivity index (χ0) is 8.91. The fourth-order valence-corrected chi connectivity index (χ4v) is 0.787. The van der Waals surface area contributed by atoms with Crippen LogP contribution in [0.4, 0.5) is 4.79 Å². The van der Waals surface area contributed by atoms with Crippen molar-refractivity contribution in [3.63, 3.8) is 0 Å². The summed E-state index contributed by atoms with van der Waals surface area (Å²) in [6.07, 6.45) is 2.25. The molecule has 0 saturated heterocycles. The molecule has 0 rings (SSSR count). The van der Waals surface area contributed by atoms with Gasteiger partial charge in [-0.3, -0.25) is 0 Å². The highest BCUT2D eigenvalue weighted by Gasteiger charge is 2.20. The summed E-state index contributed by atoms with van der Waals surface area (Å²) in [5.74, 6) is 0. The number of hydrogen-bond acceptors (Lipinski definition) is 3. The van der Waals surface area contributed by atoms with Crippen molar-refractivity contribution in [2.75, 3.05) is 19.9 Å². The van der Waals surface area contributed by atoms with Crippen molar-refractivity contribution < 1.29 is 14.1 Å². The van der Waals surface area contributed by atoms with E-state index in [-0.39, 0.29) is 6.61 Å². The van der Waals surface area contributed by atoms with Crippen LogP contribution in [-0.2, 0) is 9.30 Å². The zero-order valence-corrected chi connectivity index (χ0v) is 7.77. The lowest BCUT2D eigenvalue weighted by Crippen LogP contribution is -2.02. The van der Waals surface area contributed by atoms with Gasteiger partial charge < -0.3 is 9.30 Å². The topological polar surface area (TPSA) is 43.4 Å². The number of ether oxygens (including phenoxy) is 1. The zero-order valence-electron chi connectivity index (χ0n) is 6.87. The molecule has 0 bridgehead atoms. The van der Waals surface area contributed by atoms with Gasteiger partial charge in [0.15, 0.2) is 7.14 Å². The van der Waals surface area contributed by atoms with Crippen molar-refractivity contribution in [2.45, 2.75) is 6.42 Å². The predicted molar refractivity (Wildman–Crippen MR) is 45.6 cm³/mol. The maximum Gasteiger partial charge on any atom is 0.363 e. The fraction of sp³-hybridized carbons (Fsp3) is 0.571. The first kappa shape index (κ1) is 10.4. The van der Waals surface area contributed by atoms with Gasteiger partial charge in [0.2, 0.25) is 0 Å². The third-order valence-electron chi connectivity index (χ3n) is 0.987. The summed E-state index contributed by atoms with van der Waals surface area (Å²) in [5.41, 5.74) is -0.598. The lowest BCUT2D eigenvalue weighted by Gasteiger charge is -2.05. The highest BCUT2D eigenvalue weighted by Crippen LogP contribution is 2.38. The number of hydrogen-bond donors (Lipinski definition) is 0. The van der Waals surface area contributed by atoms with E-state index in [0.717, 1.165) is 0 Å². The van der Waals surface area contributed by atoms with Gasteiger partial charge in [-0.2, -0.15) is 0 Å². The van der Waals surface area contributed by atoms with Gasteiger partial charge in [-0.15, -0.1) is 6.58 Å². The first-order valence-corrected chi connectivity index (χ1v) is 5.92. The smallest absolute Gasteiger partial charge is 0.363 e. The van der Waals surface area contributed by atoms with Gasteiger partial charge in [0.25, 0.3) is 0 Å². The number of carbonyl (C=O) groups is 1. The molecule has 0 atom stereocenters. The van der Waals surface area contributed by atoms with Crippen molar-refractivity contribution >= 4 is 12.9 Å². The Bertz CT molecular complexity index is 192. The van der Waals surface area contributed by atoms with Crippen LogP contribution in [0.25, 0.3) is 0 Å². The summed E-state index contributed by atoms with van der Waals surface area (Å²) in [7, 11) is -2.69. The van der Waals surface area contributed by atoms with Crippen LogP contribution < -0.4 is 0 Å². The standard InChI is InChI=1S/C7H13O3P/c1-4-5-6-10-7(8)11(2,3)9/h4H,1,5-6H2,2-3H3. The maximum atomic E-state index is 11.0. The van der Waals surface area contributed by atoms with Crippen LogP contribution in [0, 0.1) is 0 Å². The summed E-state index contributed by atoms with van der Waals surface area (Å²) in [5, 5.41) is 0. The number of rotatable bonds is 4. The van der Waals surface area contributed by atoms with E-state index in [2.05, 4.69) is 11.3 Å². The highest BCUT2D eigenvalue weighted by molar-refractivity contribution is 7.78. The molecular formula is C7H13O3P. The Labute approximate surface area is 66.8 Å². The molecule has 0 saturated carbocycles. The Kier molecular flexibility index (Phi) is 4.12. The maximum absolute atomic E-state index is 11.0. The summed E-state index contributed by atoms with van der Waals surface area (Å²) >= 11 is 0. The lowest BCUT2D eigenvalue weighted by atomic mass is 10.5. The third-order valence-corrected chi connectivity index (χ3v) is 2.00. The van der Waals surface area contributed by atoms with Crippen LogP contribution in [0.15, 0.2) is 12.7 Å².